The molecule has 2 fully saturated rings. The second kappa shape index (κ2) is 5.30. The van der Waals surface area contributed by atoms with Crippen molar-refractivity contribution in [1.29, 1.82) is 0 Å². The van der Waals surface area contributed by atoms with Crippen molar-refractivity contribution < 1.29 is 8.42 Å². The third kappa shape index (κ3) is 2.92. The molecule has 0 radical (unpaired) electrons. The van der Waals surface area contributed by atoms with Crippen molar-refractivity contribution in [2.24, 2.45) is 10.8 Å². The predicted octanol–water partition coefficient (Wildman–Crippen LogP) is 4.80. The lowest BCUT2D eigenvalue weighted by Gasteiger charge is -2.39. The Morgan fingerprint density at radius 3 is 2.55 bits per heavy atom. The molecule has 122 valence electrons. The van der Waals surface area contributed by atoms with Crippen LogP contribution in [0.1, 0.15) is 40.0 Å². The van der Waals surface area contributed by atoms with Gasteiger partial charge < -0.3 is 0 Å². The predicted molar refractivity (Wildman–Crippen MR) is 95.3 cm³/mol. The Labute approximate surface area is 149 Å². The van der Waals surface area contributed by atoms with Gasteiger partial charge in [0.15, 0.2) is 0 Å². The average Bonchev–Trinajstić information content (AvgIpc) is 2.62. The van der Waals surface area contributed by atoms with Gasteiger partial charge in [0.05, 0.1) is 4.90 Å². The molecule has 0 aromatic heterocycles. The first-order valence-corrected chi connectivity index (χ1v) is 10.5. The molecule has 1 saturated heterocycles. The molecule has 1 aliphatic carbocycles. The Bertz CT molecular complexity index is 717. The van der Waals surface area contributed by atoms with Crippen molar-refractivity contribution in [1.82, 2.24) is 4.31 Å². The van der Waals surface area contributed by atoms with E-state index in [0.29, 0.717) is 15.9 Å². The van der Waals surface area contributed by atoms with Gasteiger partial charge in [-0.15, -0.1) is 0 Å². The fraction of sp³-hybridized carbons (Fsp3) is 0.625. The van der Waals surface area contributed by atoms with E-state index in [9.17, 15) is 8.42 Å². The van der Waals surface area contributed by atoms with Gasteiger partial charge in [0, 0.05) is 21.5 Å². The van der Waals surface area contributed by atoms with Crippen LogP contribution in [-0.4, -0.2) is 25.3 Å². The first-order valence-electron chi connectivity index (χ1n) is 7.49. The molecule has 1 aromatic carbocycles. The number of hydrogen-bond acceptors (Lipinski definition) is 2. The summed E-state index contributed by atoms with van der Waals surface area (Å²) in [6, 6.07) is 5.43. The van der Waals surface area contributed by atoms with E-state index < -0.39 is 10.0 Å². The van der Waals surface area contributed by atoms with Gasteiger partial charge in [0.1, 0.15) is 0 Å². The first kappa shape index (κ1) is 16.9. The number of halogens is 2. The molecule has 6 heteroatoms. The summed E-state index contributed by atoms with van der Waals surface area (Å²) in [5.74, 6) is 0. The molecule has 0 amide bonds. The molecule has 0 spiro atoms. The van der Waals surface area contributed by atoms with E-state index >= 15 is 0 Å². The second-order valence-corrected chi connectivity index (χ2v) is 11.5. The van der Waals surface area contributed by atoms with Crippen LogP contribution in [0.4, 0.5) is 0 Å². The van der Waals surface area contributed by atoms with Gasteiger partial charge in [-0.2, -0.15) is 4.31 Å². The number of nitrogens with zero attached hydrogens (tertiary/aromatic N) is 1. The Morgan fingerprint density at radius 2 is 1.86 bits per heavy atom. The minimum Gasteiger partial charge on any atom is -0.207 e. The van der Waals surface area contributed by atoms with Gasteiger partial charge in [-0.3, -0.25) is 0 Å². The molecular formula is C16H21Br2NO2S. The van der Waals surface area contributed by atoms with Gasteiger partial charge in [0.2, 0.25) is 10.0 Å². The molecule has 2 atom stereocenters. The molecule has 3 nitrogen and oxygen atoms in total. The zero-order valence-electron chi connectivity index (χ0n) is 13.1. The molecule has 1 aromatic rings. The lowest BCUT2D eigenvalue weighted by Crippen LogP contribution is -2.37. The summed E-state index contributed by atoms with van der Waals surface area (Å²) >= 11 is 6.77. The Morgan fingerprint density at radius 1 is 1.18 bits per heavy atom. The number of fused-ring (bicyclic) bond motifs is 2. The molecular weight excluding hydrogens is 430 g/mol. The summed E-state index contributed by atoms with van der Waals surface area (Å²) in [4.78, 5) is 0.357. The van der Waals surface area contributed by atoms with Crippen molar-refractivity contribution in [3.63, 3.8) is 0 Å². The maximum atomic E-state index is 13.2. The Balaban J connectivity index is 2.02. The lowest BCUT2D eigenvalue weighted by molar-refractivity contribution is 0.133. The number of benzene rings is 1. The summed E-state index contributed by atoms with van der Waals surface area (Å²) in [6.07, 6.45) is 3.00. The largest absolute Gasteiger partial charge is 0.244 e. The van der Waals surface area contributed by atoms with Crippen LogP contribution in [-0.2, 0) is 10.0 Å². The van der Waals surface area contributed by atoms with Crippen molar-refractivity contribution >= 4 is 41.9 Å². The quantitative estimate of drug-likeness (QED) is 0.648. The highest BCUT2D eigenvalue weighted by Crippen LogP contribution is 2.54. The fourth-order valence-corrected chi connectivity index (χ4v) is 7.73. The van der Waals surface area contributed by atoms with Crippen LogP contribution in [0.5, 0.6) is 0 Å². The molecule has 2 aliphatic rings. The summed E-state index contributed by atoms with van der Waals surface area (Å²) in [7, 11) is -3.48. The fourth-order valence-electron chi connectivity index (χ4n) is 4.49. The van der Waals surface area contributed by atoms with E-state index in [-0.39, 0.29) is 16.9 Å². The molecule has 3 rings (SSSR count). The Kier molecular flexibility index (Phi) is 4.08. The smallest absolute Gasteiger partial charge is 0.207 e. The monoisotopic (exact) mass is 449 g/mol. The van der Waals surface area contributed by atoms with Crippen LogP contribution in [0.3, 0.4) is 0 Å². The molecule has 1 saturated carbocycles. The number of hydrogen-bond donors (Lipinski definition) is 0. The normalized spacial score (nSPS) is 31.4. The van der Waals surface area contributed by atoms with Crippen LogP contribution >= 0.6 is 31.9 Å². The summed E-state index contributed by atoms with van der Waals surface area (Å²) in [6.45, 7) is 7.36. The third-order valence-electron chi connectivity index (χ3n) is 4.85. The summed E-state index contributed by atoms with van der Waals surface area (Å²) in [5.41, 5.74) is 0.300. The molecule has 22 heavy (non-hydrogen) atoms. The average molecular weight is 451 g/mol. The van der Waals surface area contributed by atoms with E-state index in [0.717, 1.165) is 23.7 Å². The number of rotatable bonds is 2. The maximum absolute atomic E-state index is 13.2. The van der Waals surface area contributed by atoms with Crippen molar-refractivity contribution in [3.05, 3.63) is 27.1 Å². The molecule has 1 aliphatic heterocycles. The van der Waals surface area contributed by atoms with E-state index in [1.165, 1.54) is 0 Å². The summed E-state index contributed by atoms with van der Waals surface area (Å²) < 4.78 is 29.5. The van der Waals surface area contributed by atoms with Crippen molar-refractivity contribution in [2.75, 3.05) is 6.54 Å². The van der Waals surface area contributed by atoms with Crippen LogP contribution in [0.15, 0.2) is 32.0 Å². The highest BCUT2D eigenvalue weighted by Gasteiger charge is 2.53. The van der Waals surface area contributed by atoms with Gasteiger partial charge in [-0.05, 0) is 64.2 Å². The van der Waals surface area contributed by atoms with Crippen molar-refractivity contribution in [3.8, 4) is 0 Å². The van der Waals surface area contributed by atoms with Crippen LogP contribution in [0.2, 0.25) is 0 Å². The highest BCUT2D eigenvalue weighted by atomic mass is 79.9. The first-order chi connectivity index (χ1) is 10.0. The lowest BCUT2D eigenvalue weighted by atomic mass is 9.65. The second-order valence-electron chi connectivity index (χ2n) is 7.84. The number of sulfonamides is 1. The van der Waals surface area contributed by atoms with Crippen LogP contribution in [0, 0.1) is 10.8 Å². The minimum absolute atomic E-state index is 0.0952. The Hall–Kier alpha value is 0.0900. The minimum atomic E-state index is -3.48. The standard InChI is InChI=1S/C16H21Br2NO2S/c1-15(2)7-12-8-16(3,9-15)10-19(12)22(20,21)14-6-11(17)4-5-13(14)18/h4-6,12H,7-10H2,1-3H3/t12-,16-/m1/s1. The van der Waals surface area contributed by atoms with Gasteiger partial charge in [-0.25, -0.2) is 8.42 Å². The van der Waals surface area contributed by atoms with E-state index in [2.05, 4.69) is 52.6 Å². The van der Waals surface area contributed by atoms with Gasteiger partial charge in [0.25, 0.3) is 0 Å². The molecule has 0 N–H and O–H groups in total. The van der Waals surface area contributed by atoms with E-state index in [4.69, 9.17) is 0 Å². The molecule has 1 heterocycles. The topological polar surface area (TPSA) is 37.4 Å². The van der Waals surface area contributed by atoms with Gasteiger partial charge >= 0.3 is 0 Å². The SMILES string of the molecule is CC1(C)C[C@@H]2C[C@@](C)(CN2S(=O)(=O)c2cc(Br)ccc2Br)C1. The molecule has 0 unspecified atom stereocenters. The zero-order valence-corrected chi connectivity index (χ0v) is 17.1. The van der Waals surface area contributed by atoms with Crippen LogP contribution in [0.25, 0.3) is 0 Å². The maximum Gasteiger partial charge on any atom is 0.244 e. The van der Waals surface area contributed by atoms with Gasteiger partial charge in [-0.1, -0.05) is 36.7 Å². The van der Waals surface area contributed by atoms with E-state index in [1.807, 2.05) is 6.07 Å². The van der Waals surface area contributed by atoms with Crippen LogP contribution < -0.4 is 0 Å². The summed E-state index contributed by atoms with van der Waals surface area (Å²) in [5, 5.41) is 0. The third-order valence-corrected chi connectivity index (χ3v) is 8.23. The highest BCUT2D eigenvalue weighted by molar-refractivity contribution is 9.11. The van der Waals surface area contributed by atoms with Crippen molar-refractivity contribution in [2.45, 2.75) is 51.0 Å². The zero-order chi connectivity index (χ0) is 16.3. The van der Waals surface area contributed by atoms with E-state index in [1.54, 1.807) is 16.4 Å². The molecule has 2 bridgehead atoms.